The van der Waals surface area contributed by atoms with E-state index in [0.717, 1.165) is 0 Å². The van der Waals surface area contributed by atoms with Gasteiger partial charge in [0.15, 0.2) is 23.0 Å². The Morgan fingerprint density at radius 3 is 1.56 bits per heavy atom. The molecule has 3 aliphatic rings. The predicted octanol–water partition coefficient (Wildman–Crippen LogP) is 2.69. The molecule has 5 rings (SSSR count). The van der Waals surface area contributed by atoms with Crippen molar-refractivity contribution in [1.82, 2.24) is 0 Å². The number of cyclic esters (lactones) is 2. The minimum absolute atomic E-state index is 0.158. The highest BCUT2D eigenvalue weighted by atomic mass is 16.7. The molecule has 3 heterocycles. The number of fused-ring (bicyclic) bond motifs is 2. The zero-order valence-electron chi connectivity index (χ0n) is 13.9. The van der Waals surface area contributed by atoms with Crippen molar-refractivity contribution in [2.75, 3.05) is 13.6 Å². The summed E-state index contributed by atoms with van der Waals surface area (Å²) in [5.74, 6) is 1.07. The first-order valence-electron chi connectivity index (χ1n) is 8.17. The van der Waals surface area contributed by atoms with Crippen LogP contribution < -0.4 is 18.9 Å². The first-order chi connectivity index (χ1) is 13.2. The third-order valence-corrected chi connectivity index (χ3v) is 4.33. The SMILES string of the molecule is O=C1OC(=O)C(=C/c2ccc3c(c2)OCO3)/C1=C/c1ccc2c(c1)OCO2. The Bertz CT molecular complexity index is 965. The molecule has 0 atom stereocenters. The molecule has 2 aromatic rings. The summed E-state index contributed by atoms with van der Waals surface area (Å²) in [6.07, 6.45) is 3.18. The van der Waals surface area contributed by atoms with Crippen molar-refractivity contribution < 1.29 is 33.3 Å². The van der Waals surface area contributed by atoms with Gasteiger partial charge >= 0.3 is 11.9 Å². The molecule has 0 amide bonds. The van der Waals surface area contributed by atoms with Gasteiger partial charge in [-0.2, -0.15) is 0 Å². The summed E-state index contributed by atoms with van der Waals surface area (Å²) in [5.41, 5.74) is 1.74. The van der Waals surface area contributed by atoms with Gasteiger partial charge in [-0.15, -0.1) is 0 Å². The average molecular weight is 364 g/mol. The van der Waals surface area contributed by atoms with Crippen LogP contribution in [0.3, 0.4) is 0 Å². The first-order valence-corrected chi connectivity index (χ1v) is 8.17. The highest BCUT2D eigenvalue weighted by molar-refractivity contribution is 6.22. The molecule has 0 unspecified atom stereocenters. The van der Waals surface area contributed by atoms with Gasteiger partial charge in [0.25, 0.3) is 0 Å². The summed E-state index contributed by atoms with van der Waals surface area (Å²) in [6.45, 7) is 0.316. The number of carbonyl (C=O) groups is 2. The van der Waals surface area contributed by atoms with Crippen LogP contribution in [0, 0.1) is 0 Å². The van der Waals surface area contributed by atoms with E-state index in [1.54, 1.807) is 48.6 Å². The van der Waals surface area contributed by atoms with Gasteiger partial charge in [0.2, 0.25) is 13.6 Å². The molecule has 7 heteroatoms. The Morgan fingerprint density at radius 1 is 0.630 bits per heavy atom. The van der Waals surface area contributed by atoms with Crippen molar-refractivity contribution in [3.05, 3.63) is 58.7 Å². The van der Waals surface area contributed by atoms with Crippen molar-refractivity contribution in [2.24, 2.45) is 0 Å². The lowest BCUT2D eigenvalue weighted by Gasteiger charge is -2.01. The third kappa shape index (κ3) is 2.69. The smallest absolute Gasteiger partial charge is 0.346 e. The maximum absolute atomic E-state index is 12.2. The maximum atomic E-state index is 12.2. The normalized spacial score (nSPS) is 19.9. The lowest BCUT2D eigenvalue weighted by Crippen LogP contribution is -1.97. The fourth-order valence-electron chi connectivity index (χ4n) is 3.03. The number of esters is 2. The standard InChI is InChI=1S/C20H12O7/c21-19-13(5-11-1-3-15-17(7-11)25-9-23-15)14(20(22)27-19)6-12-2-4-16-18(8-12)26-10-24-16/h1-8H,9-10H2/b13-5-,14-6+. The van der Waals surface area contributed by atoms with Gasteiger partial charge < -0.3 is 23.7 Å². The van der Waals surface area contributed by atoms with E-state index in [0.29, 0.717) is 34.1 Å². The highest BCUT2D eigenvalue weighted by Gasteiger charge is 2.33. The number of hydrogen-bond acceptors (Lipinski definition) is 7. The van der Waals surface area contributed by atoms with E-state index in [2.05, 4.69) is 0 Å². The van der Waals surface area contributed by atoms with Crippen LogP contribution in [0.25, 0.3) is 12.2 Å². The molecule has 0 saturated carbocycles. The van der Waals surface area contributed by atoms with E-state index in [1.165, 1.54) is 0 Å². The minimum atomic E-state index is -0.690. The van der Waals surface area contributed by atoms with Crippen molar-refractivity contribution in [2.45, 2.75) is 0 Å². The summed E-state index contributed by atoms with van der Waals surface area (Å²) < 4.78 is 26.0. The molecule has 134 valence electrons. The average Bonchev–Trinajstić information content (AvgIpc) is 3.36. The van der Waals surface area contributed by atoms with E-state index < -0.39 is 11.9 Å². The second kappa shape index (κ2) is 5.91. The molecule has 0 radical (unpaired) electrons. The summed E-state index contributed by atoms with van der Waals surface area (Å²) in [5, 5.41) is 0. The van der Waals surface area contributed by atoms with E-state index in [1.807, 2.05) is 0 Å². The monoisotopic (exact) mass is 364 g/mol. The van der Waals surface area contributed by atoms with E-state index in [4.69, 9.17) is 23.7 Å². The zero-order valence-corrected chi connectivity index (χ0v) is 13.9. The van der Waals surface area contributed by atoms with Crippen LogP contribution in [0.4, 0.5) is 0 Å². The van der Waals surface area contributed by atoms with Crippen molar-refractivity contribution in [3.8, 4) is 23.0 Å². The van der Waals surface area contributed by atoms with Crippen LogP contribution in [0.1, 0.15) is 11.1 Å². The van der Waals surface area contributed by atoms with E-state index in [9.17, 15) is 9.59 Å². The zero-order chi connectivity index (χ0) is 18.4. The molecule has 1 fully saturated rings. The molecule has 1 saturated heterocycles. The number of rotatable bonds is 2. The Morgan fingerprint density at radius 2 is 1.07 bits per heavy atom. The fraction of sp³-hybridized carbons (Fsp3) is 0.100. The molecule has 7 nitrogen and oxygen atoms in total. The van der Waals surface area contributed by atoms with Crippen LogP contribution in [0.15, 0.2) is 47.5 Å². The van der Waals surface area contributed by atoms with Gasteiger partial charge in [-0.1, -0.05) is 12.1 Å². The molecular weight excluding hydrogens is 352 g/mol. The predicted molar refractivity (Wildman–Crippen MR) is 92.2 cm³/mol. The van der Waals surface area contributed by atoms with Crippen molar-refractivity contribution in [1.29, 1.82) is 0 Å². The maximum Gasteiger partial charge on any atom is 0.346 e. The number of hydrogen-bond donors (Lipinski definition) is 0. The number of ether oxygens (including phenoxy) is 5. The van der Waals surface area contributed by atoms with Gasteiger partial charge in [0.1, 0.15) is 0 Å². The minimum Gasteiger partial charge on any atom is -0.454 e. The first kappa shape index (κ1) is 15.5. The van der Waals surface area contributed by atoms with E-state index in [-0.39, 0.29) is 24.7 Å². The van der Waals surface area contributed by atoms with Gasteiger partial charge in [-0.25, -0.2) is 9.59 Å². The van der Waals surface area contributed by atoms with Gasteiger partial charge in [0.05, 0.1) is 11.1 Å². The number of benzene rings is 2. The molecule has 27 heavy (non-hydrogen) atoms. The molecule has 0 aromatic heterocycles. The van der Waals surface area contributed by atoms with Gasteiger partial charge in [-0.05, 0) is 47.5 Å². The molecule has 3 aliphatic heterocycles. The Labute approximate surface area is 153 Å². The molecule has 0 bridgehead atoms. The largest absolute Gasteiger partial charge is 0.454 e. The molecule has 0 N–H and O–H groups in total. The van der Waals surface area contributed by atoms with E-state index >= 15 is 0 Å². The molecule has 0 spiro atoms. The summed E-state index contributed by atoms with van der Waals surface area (Å²) in [6, 6.07) is 10.5. The lowest BCUT2D eigenvalue weighted by atomic mass is 10.0. The van der Waals surface area contributed by atoms with Gasteiger partial charge in [-0.3, -0.25) is 0 Å². The van der Waals surface area contributed by atoms with Crippen LogP contribution in [-0.2, 0) is 14.3 Å². The topological polar surface area (TPSA) is 80.3 Å². The van der Waals surface area contributed by atoms with Crippen LogP contribution in [0.2, 0.25) is 0 Å². The molecule has 0 aliphatic carbocycles. The van der Waals surface area contributed by atoms with Crippen molar-refractivity contribution >= 4 is 24.1 Å². The van der Waals surface area contributed by atoms with Crippen molar-refractivity contribution in [3.63, 3.8) is 0 Å². The summed E-state index contributed by atoms with van der Waals surface area (Å²) in [4.78, 5) is 24.3. The Balaban J connectivity index is 1.54. The van der Waals surface area contributed by atoms with Crippen LogP contribution >= 0.6 is 0 Å². The quantitative estimate of drug-likeness (QED) is 0.460. The number of carbonyl (C=O) groups excluding carboxylic acids is 2. The lowest BCUT2D eigenvalue weighted by molar-refractivity contribution is -0.149. The third-order valence-electron chi connectivity index (χ3n) is 4.33. The second-order valence-electron chi connectivity index (χ2n) is 6.02. The Hall–Kier alpha value is -3.74. The molecule has 2 aromatic carbocycles. The Kier molecular flexibility index (Phi) is 3.39. The van der Waals surface area contributed by atoms with Crippen LogP contribution in [0.5, 0.6) is 23.0 Å². The second-order valence-corrected chi connectivity index (χ2v) is 6.02. The fourth-order valence-corrected chi connectivity index (χ4v) is 3.03. The highest BCUT2D eigenvalue weighted by Crippen LogP contribution is 2.36. The summed E-state index contributed by atoms with van der Waals surface area (Å²) >= 11 is 0. The van der Waals surface area contributed by atoms with Crippen LogP contribution in [-0.4, -0.2) is 25.5 Å². The summed E-state index contributed by atoms with van der Waals surface area (Å²) in [7, 11) is 0. The van der Waals surface area contributed by atoms with Gasteiger partial charge in [0, 0.05) is 0 Å². The molecular formula is C20H12O7.